The predicted octanol–water partition coefficient (Wildman–Crippen LogP) is 2.84. The van der Waals surface area contributed by atoms with Crippen LogP contribution < -0.4 is 5.32 Å². The Bertz CT molecular complexity index is 337. The SMILES string of the molecule is CCc1c(C)nn(CCCC(CC)NC)c1C. The third-order valence-corrected chi connectivity index (χ3v) is 3.71. The molecule has 17 heavy (non-hydrogen) atoms. The third-order valence-electron chi connectivity index (χ3n) is 3.71. The van der Waals surface area contributed by atoms with Crippen LogP contribution in [0.15, 0.2) is 0 Å². The van der Waals surface area contributed by atoms with E-state index in [2.05, 4.69) is 42.8 Å². The first-order valence-corrected chi connectivity index (χ1v) is 6.84. The summed E-state index contributed by atoms with van der Waals surface area (Å²) in [4.78, 5) is 0. The molecule has 0 spiro atoms. The van der Waals surface area contributed by atoms with Gasteiger partial charge in [0.15, 0.2) is 0 Å². The molecular formula is C14H27N3. The molecule has 1 rings (SSSR count). The second-order valence-electron chi connectivity index (χ2n) is 4.76. The zero-order valence-electron chi connectivity index (χ0n) is 12.0. The van der Waals surface area contributed by atoms with Gasteiger partial charge in [-0.15, -0.1) is 0 Å². The van der Waals surface area contributed by atoms with Crippen molar-refractivity contribution in [3.63, 3.8) is 0 Å². The Morgan fingerprint density at radius 2 is 2.00 bits per heavy atom. The van der Waals surface area contributed by atoms with E-state index in [0.717, 1.165) is 13.0 Å². The van der Waals surface area contributed by atoms with Gasteiger partial charge in [0.05, 0.1) is 5.69 Å². The first kappa shape index (κ1) is 14.2. The normalized spacial score (nSPS) is 13.0. The largest absolute Gasteiger partial charge is 0.317 e. The van der Waals surface area contributed by atoms with Gasteiger partial charge >= 0.3 is 0 Å². The van der Waals surface area contributed by atoms with Crippen LogP contribution in [0.1, 0.15) is 50.1 Å². The molecule has 0 amide bonds. The highest BCUT2D eigenvalue weighted by atomic mass is 15.3. The molecule has 0 fully saturated rings. The van der Waals surface area contributed by atoms with Crippen molar-refractivity contribution < 1.29 is 0 Å². The van der Waals surface area contributed by atoms with Gasteiger partial charge in [-0.05, 0) is 52.1 Å². The van der Waals surface area contributed by atoms with E-state index in [4.69, 9.17) is 0 Å². The smallest absolute Gasteiger partial charge is 0.0628 e. The van der Waals surface area contributed by atoms with E-state index in [0.29, 0.717) is 6.04 Å². The van der Waals surface area contributed by atoms with Crippen LogP contribution in [0, 0.1) is 13.8 Å². The minimum Gasteiger partial charge on any atom is -0.317 e. The van der Waals surface area contributed by atoms with Crippen LogP contribution in [-0.4, -0.2) is 22.9 Å². The Kier molecular flexibility index (Phi) is 5.69. The highest BCUT2D eigenvalue weighted by molar-refractivity contribution is 5.24. The lowest BCUT2D eigenvalue weighted by molar-refractivity contribution is 0.452. The van der Waals surface area contributed by atoms with E-state index < -0.39 is 0 Å². The van der Waals surface area contributed by atoms with Gasteiger partial charge in [0.1, 0.15) is 0 Å². The number of aryl methyl sites for hydroxylation is 2. The molecule has 0 aromatic carbocycles. The Balaban J connectivity index is 2.52. The van der Waals surface area contributed by atoms with Crippen LogP contribution in [0.2, 0.25) is 0 Å². The number of nitrogens with one attached hydrogen (secondary N) is 1. The summed E-state index contributed by atoms with van der Waals surface area (Å²) in [6, 6.07) is 0.651. The molecule has 0 aliphatic rings. The van der Waals surface area contributed by atoms with E-state index in [-0.39, 0.29) is 0 Å². The first-order chi connectivity index (χ1) is 8.13. The van der Waals surface area contributed by atoms with Crippen molar-refractivity contribution in [2.24, 2.45) is 0 Å². The van der Waals surface area contributed by atoms with Crippen molar-refractivity contribution in [1.29, 1.82) is 0 Å². The molecule has 0 radical (unpaired) electrons. The molecule has 1 aromatic heterocycles. The molecule has 0 aliphatic heterocycles. The van der Waals surface area contributed by atoms with Gasteiger partial charge in [0.2, 0.25) is 0 Å². The summed E-state index contributed by atoms with van der Waals surface area (Å²) in [6.07, 6.45) is 4.72. The number of hydrogen-bond acceptors (Lipinski definition) is 2. The Morgan fingerprint density at radius 3 is 2.47 bits per heavy atom. The highest BCUT2D eigenvalue weighted by Gasteiger charge is 2.09. The molecule has 0 saturated heterocycles. The van der Waals surface area contributed by atoms with Crippen molar-refractivity contribution in [2.45, 2.75) is 66.0 Å². The van der Waals surface area contributed by atoms with E-state index in [1.54, 1.807) is 0 Å². The highest BCUT2D eigenvalue weighted by Crippen LogP contribution is 2.14. The van der Waals surface area contributed by atoms with Crippen LogP contribution >= 0.6 is 0 Å². The van der Waals surface area contributed by atoms with Crippen LogP contribution in [-0.2, 0) is 13.0 Å². The van der Waals surface area contributed by atoms with Crippen molar-refractivity contribution in [3.8, 4) is 0 Å². The lowest BCUT2D eigenvalue weighted by Crippen LogP contribution is -2.24. The minimum absolute atomic E-state index is 0.651. The van der Waals surface area contributed by atoms with Crippen LogP contribution in [0.4, 0.5) is 0 Å². The molecular weight excluding hydrogens is 210 g/mol. The Hall–Kier alpha value is -0.830. The summed E-state index contributed by atoms with van der Waals surface area (Å²) in [5.74, 6) is 0. The predicted molar refractivity (Wildman–Crippen MR) is 73.5 cm³/mol. The number of nitrogens with zero attached hydrogens (tertiary/aromatic N) is 2. The zero-order valence-corrected chi connectivity index (χ0v) is 12.0. The van der Waals surface area contributed by atoms with E-state index in [1.165, 1.54) is 36.2 Å². The van der Waals surface area contributed by atoms with E-state index in [9.17, 15) is 0 Å². The summed E-state index contributed by atoms with van der Waals surface area (Å²) in [5, 5.41) is 7.98. The molecule has 1 atom stereocenters. The standard InChI is InChI=1S/C14H27N3/c1-6-13(15-5)9-8-10-17-12(4)14(7-2)11(3)16-17/h13,15H,6-10H2,1-5H3. The van der Waals surface area contributed by atoms with Crippen molar-refractivity contribution in [2.75, 3.05) is 7.05 Å². The Labute approximate surface area is 106 Å². The average molecular weight is 237 g/mol. The van der Waals surface area contributed by atoms with Gasteiger partial charge in [-0.2, -0.15) is 5.10 Å². The van der Waals surface area contributed by atoms with Gasteiger partial charge in [0.25, 0.3) is 0 Å². The third kappa shape index (κ3) is 3.56. The minimum atomic E-state index is 0.651. The Morgan fingerprint density at radius 1 is 1.29 bits per heavy atom. The second kappa shape index (κ2) is 6.80. The van der Waals surface area contributed by atoms with Gasteiger partial charge in [-0.25, -0.2) is 0 Å². The maximum absolute atomic E-state index is 4.63. The lowest BCUT2D eigenvalue weighted by Gasteiger charge is -2.13. The molecule has 1 N–H and O–H groups in total. The molecule has 1 heterocycles. The first-order valence-electron chi connectivity index (χ1n) is 6.84. The molecule has 98 valence electrons. The average Bonchev–Trinajstić information content (AvgIpc) is 2.60. The summed E-state index contributed by atoms with van der Waals surface area (Å²) in [7, 11) is 2.05. The van der Waals surface area contributed by atoms with Crippen LogP contribution in [0.3, 0.4) is 0 Å². The van der Waals surface area contributed by atoms with Gasteiger partial charge in [-0.3, -0.25) is 4.68 Å². The molecule has 0 bridgehead atoms. The monoisotopic (exact) mass is 237 g/mol. The van der Waals surface area contributed by atoms with Gasteiger partial charge in [0, 0.05) is 18.3 Å². The second-order valence-corrected chi connectivity index (χ2v) is 4.76. The summed E-state index contributed by atoms with van der Waals surface area (Å²) in [5.41, 5.74) is 3.97. The van der Waals surface area contributed by atoms with Crippen molar-refractivity contribution >= 4 is 0 Å². The maximum Gasteiger partial charge on any atom is 0.0628 e. The van der Waals surface area contributed by atoms with E-state index >= 15 is 0 Å². The fourth-order valence-electron chi connectivity index (χ4n) is 2.50. The maximum atomic E-state index is 4.63. The molecule has 1 aromatic rings. The molecule has 3 nitrogen and oxygen atoms in total. The van der Waals surface area contributed by atoms with Gasteiger partial charge in [-0.1, -0.05) is 13.8 Å². The van der Waals surface area contributed by atoms with Crippen LogP contribution in [0.25, 0.3) is 0 Å². The topological polar surface area (TPSA) is 29.9 Å². The van der Waals surface area contributed by atoms with Crippen LogP contribution in [0.5, 0.6) is 0 Å². The number of hydrogen-bond donors (Lipinski definition) is 1. The summed E-state index contributed by atoms with van der Waals surface area (Å²) < 4.78 is 2.18. The van der Waals surface area contributed by atoms with E-state index in [1.807, 2.05) is 7.05 Å². The summed E-state index contributed by atoms with van der Waals surface area (Å²) in [6.45, 7) is 9.79. The fourth-order valence-corrected chi connectivity index (χ4v) is 2.50. The quantitative estimate of drug-likeness (QED) is 0.790. The molecule has 1 unspecified atom stereocenters. The molecule has 3 heteroatoms. The number of aromatic nitrogens is 2. The van der Waals surface area contributed by atoms with Crippen molar-refractivity contribution in [1.82, 2.24) is 15.1 Å². The molecule has 0 aliphatic carbocycles. The number of rotatable bonds is 7. The summed E-state index contributed by atoms with van der Waals surface area (Å²) >= 11 is 0. The molecule has 0 saturated carbocycles. The van der Waals surface area contributed by atoms with Crippen molar-refractivity contribution in [3.05, 3.63) is 17.0 Å². The fraction of sp³-hybridized carbons (Fsp3) is 0.786. The zero-order chi connectivity index (χ0) is 12.8. The lowest BCUT2D eigenvalue weighted by atomic mass is 10.1. The van der Waals surface area contributed by atoms with Gasteiger partial charge < -0.3 is 5.32 Å².